The van der Waals surface area contributed by atoms with Crippen LogP contribution in [0.3, 0.4) is 0 Å². The highest BCUT2D eigenvalue weighted by Crippen LogP contribution is 2.20. The van der Waals surface area contributed by atoms with Gasteiger partial charge in [-0.05, 0) is 26.2 Å². The Labute approximate surface area is 93.1 Å². The van der Waals surface area contributed by atoms with Crippen LogP contribution in [0, 0.1) is 22.7 Å². The van der Waals surface area contributed by atoms with Crippen molar-refractivity contribution in [3.8, 4) is 12.1 Å². The van der Waals surface area contributed by atoms with Gasteiger partial charge >= 0.3 is 0 Å². The highest BCUT2D eigenvalue weighted by Gasteiger charge is 2.23. The van der Waals surface area contributed by atoms with Crippen molar-refractivity contribution in [3.05, 3.63) is 0 Å². The van der Waals surface area contributed by atoms with Gasteiger partial charge < -0.3 is 5.32 Å². The van der Waals surface area contributed by atoms with Crippen LogP contribution in [0.2, 0.25) is 0 Å². The van der Waals surface area contributed by atoms with Crippen molar-refractivity contribution < 1.29 is 0 Å². The summed E-state index contributed by atoms with van der Waals surface area (Å²) >= 11 is 0. The lowest BCUT2D eigenvalue weighted by Crippen LogP contribution is -2.46. The molecule has 0 amide bonds. The van der Waals surface area contributed by atoms with Crippen LogP contribution < -0.4 is 5.32 Å². The van der Waals surface area contributed by atoms with Gasteiger partial charge in [-0.25, -0.2) is 0 Å². The molecule has 0 radical (unpaired) electrons. The molecule has 0 aromatic heterocycles. The fourth-order valence-corrected chi connectivity index (χ4v) is 1.86. The second-order valence-corrected chi connectivity index (χ2v) is 4.53. The van der Waals surface area contributed by atoms with Crippen LogP contribution >= 0.6 is 0 Å². The zero-order valence-corrected chi connectivity index (χ0v) is 10.0. The first-order chi connectivity index (χ1) is 7.04. The molecule has 0 spiro atoms. The van der Waals surface area contributed by atoms with E-state index >= 15 is 0 Å². The molecule has 84 valence electrons. The van der Waals surface area contributed by atoms with E-state index in [9.17, 15) is 0 Å². The van der Waals surface area contributed by atoms with Gasteiger partial charge in [0.25, 0.3) is 0 Å². The van der Waals surface area contributed by atoms with Crippen molar-refractivity contribution in [1.29, 1.82) is 10.5 Å². The molecule has 0 saturated heterocycles. The van der Waals surface area contributed by atoms with Gasteiger partial charge in [0.1, 0.15) is 0 Å². The molecule has 1 atom stereocenters. The number of nitrogens with one attached hydrogen (secondary N) is 1. The second-order valence-electron chi connectivity index (χ2n) is 4.53. The summed E-state index contributed by atoms with van der Waals surface area (Å²) in [6, 6.07) is 4.75. The lowest BCUT2D eigenvalue weighted by Gasteiger charge is -2.32. The molecule has 3 heteroatoms. The lowest BCUT2D eigenvalue weighted by molar-refractivity contribution is 0.282. The predicted octanol–water partition coefficient (Wildman–Crippen LogP) is 2.74. The Kier molecular flexibility index (Phi) is 6.75. The van der Waals surface area contributed by atoms with E-state index in [1.165, 1.54) is 0 Å². The van der Waals surface area contributed by atoms with Gasteiger partial charge in [0.05, 0.1) is 12.1 Å². The fourth-order valence-electron chi connectivity index (χ4n) is 1.86. The van der Waals surface area contributed by atoms with Crippen LogP contribution in [0.25, 0.3) is 0 Å². The molecule has 1 N–H and O–H groups in total. The highest BCUT2D eigenvalue weighted by atomic mass is 15.0. The Morgan fingerprint density at radius 3 is 2.20 bits per heavy atom. The number of nitriles is 2. The van der Waals surface area contributed by atoms with E-state index < -0.39 is 0 Å². The third kappa shape index (κ3) is 6.94. The van der Waals surface area contributed by atoms with Crippen LogP contribution in [-0.2, 0) is 0 Å². The van der Waals surface area contributed by atoms with Crippen molar-refractivity contribution in [2.45, 2.75) is 64.5 Å². The molecule has 0 fully saturated rings. The van der Waals surface area contributed by atoms with Crippen LogP contribution in [0.15, 0.2) is 0 Å². The van der Waals surface area contributed by atoms with E-state index in [4.69, 9.17) is 10.5 Å². The third-order valence-electron chi connectivity index (χ3n) is 2.44. The van der Waals surface area contributed by atoms with Gasteiger partial charge in [-0.2, -0.15) is 10.5 Å². The highest BCUT2D eigenvalue weighted by molar-refractivity contribution is 4.89. The quantitative estimate of drug-likeness (QED) is 0.653. The van der Waals surface area contributed by atoms with Crippen LogP contribution in [0.1, 0.15) is 52.9 Å². The maximum Gasteiger partial charge on any atom is 0.0622 e. The first-order valence-corrected chi connectivity index (χ1v) is 5.55. The Morgan fingerprint density at radius 2 is 1.73 bits per heavy atom. The number of nitrogens with zero attached hydrogens (tertiary/aromatic N) is 2. The summed E-state index contributed by atoms with van der Waals surface area (Å²) in [5.74, 6) is 0. The zero-order chi connectivity index (χ0) is 11.7. The molecule has 0 saturated carbocycles. The average molecular weight is 207 g/mol. The Morgan fingerprint density at radius 1 is 1.13 bits per heavy atom. The van der Waals surface area contributed by atoms with Crippen LogP contribution in [0.5, 0.6) is 0 Å². The molecule has 0 aliphatic carbocycles. The summed E-state index contributed by atoms with van der Waals surface area (Å²) < 4.78 is 0. The third-order valence-corrected chi connectivity index (χ3v) is 2.44. The summed E-state index contributed by atoms with van der Waals surface area (Å²) in [6.07, 6.45) is 3.89. The van der Waals surface area contributed by atoms with Crippen molar-refractivity contribution >= 4 is 0 Å². The number of unbranched alkanes of at least 4 members (excludes halogenated alkanes) is 1. The second kappa shape index (κ2) is 7.26. The Balaban J connectivity index is 4.15. The van der Waals surface area contributed by atoms with E-state index in [0.29, 0.717) is 18.9 Å². The monoisotopic (exact) mass is 207 g/mol. The first-order valence-electron chi connectivity index (χ1n) is 5.55. The number of hydrogen-bond acceptors (Lipinski definition) is 3. The molecule has 0 rings (SSSR count). The minimum atomic E-state index is 0.000741. The standard InChI is InChI=1S/C12H21N3/c1-11(2)15-12(3,8-6-10-14)7-4-5-9-13/h11,15H,4-8H2,1-3H3. The van der Waals surface area contributed by atoms with Crippen molar-refractivity contribution in [3.63, 3.8) is 0 Å². The smallest absolute Gasteiger partial charge is 0.0622 e. The molecule has 0 aliphatic rings. The fraction of sp³-hybridized carbons (Fsp3) is 0.833. The molecule has 15 heavy (non-hydrogen) atoms. The molecule has 0 aliphatic heterocycles. The maximum absolute atomic E-state index is 8.61. The molecule has 0 aromatic rings. The van der Waals surface area contributed by atoms with E-state index in [1.54, 1.807) is 0 Å². The summed E-state index contributed by atoms with van der Waals surface area (Å²) in [4.78, 5) is 0. The number of hydrogen-bond donors (Lipinski definition) is 1. The summed E-state index contributed by atoms with van der Waals surface area (Å²) in [5.41, 5.74) is 0.000741. The summed E-state index contributed by atoms with van der Waals surface area (Å²) in [5, 5.41) is 20.6. The molecule has 0 bridgehead atoms. The van der Waals surface area contributed by atoms with E-state index in [-0.39, 0.29) is 5.54 Å². The van der Waals surface area contributed by atoms with Gasteiger partial charge in [0.15, 0.2) is 0 Å². The molecule has 0 heterocycles. The first kappa shape index (κ1) is 13.9. The van der Waals surface area contributed by atoms with Gasteiger partial charge in [-0.3, -0.25) is 0 Å². The lowest BCUT2D eigenvalue weighted by atomic mass is 9.89. The zero-order valence-electron chi connectivity index (χ0n) is 10.0. The van der Waals surface area contributed by atoms with Gasteiger partial charge in [0, 0.05) is 24.4 Å². The molecular formula is C12H21N3. The Hall–Kier alpha value is -1.06. The normalized spacial score (nSPS) is 14.3. The summed E-state index contributed by atoms with van der Waals surface area (Å²) in [6.45, 7) is 6.35. The molecule has 0 aromatic carbocycles. The van der Waals surface area contributed by atoms with Crippen molar-refractivity contribution in [2.75, 3.05) is 0 Å². The van der Waals surface area contributed by atoms with Gasteiger partial charge in [-0.1, -0.05) is 13.8 Å². The van der Waals surface area contributed by atoms with E-state index in [2.05, 4.69) is 38.2 Å². The maximum atomic E-state index is 8.61. The minimum Gasteiger partial charge on any atom is -0.309 e. The van der Waals surface area contributed by atoms with Crippen LogP contribution in [-0.4, -0.2) is 11.6 Å². The Bertz CT molecular complexity index is 247. The van der Waals surface area contributed by atoms with E-state index in [1.807, 2.05) is 0 Å². The largest absolute Gasteiger partial charge is 0.309 e. The van der Waals surface area contributed by atoms with Crippen LogP contribution in [0.4, 0.5) is 0 Å². The predicted molar refractivity (Wildman–Crippen MR) is 61.0 cm³/mol. The summed E-state index contributed by atoms with van der Waals surface area (Å²) in [7, 11) is 0. The topological polar surface area (TPSA) is 59.6 Å². The average Bonchev–Trinajstić information content (AvgIpc) is 2.14. The van der Waals surface area contributed by atoms with Crippen molar-refractivity contribution in [1.82, 2.24) is 5.32 Å². The molecule has 1 unspecified atom stereocenters. The van der Waals surface area contributed by atoms with Gasteiger partial charge in [0.2, 0.25) is 0 Å². The number of rotatable bonds is 7. The molecular weight excluding hydrogens is 186 g/mol. The molecule has 3 nitrogen and oxygen atoms in total. The minimum absolute atomic E-state index is 0.000741. The SMILES string of the molecule is CC(C)NC(C)(CCC#N)CCCC#N. The van der Waals surface area contributed by atoms with E-state index in [0.717, 1.165) is 19.3 Å². The van der Waals surface area contributed by atoms with Gasteiger partial charge in [-0.15, -0.1) is 0 Å². The van der Waals surface area contributed by atoms with Crippen molar-refractivity contribution in [2.24, 2.45) is 0 Å².